The zero-order chi connectivity index (χ0) is 11.0. The van der Waals surface area contributed by atoms with Crippen molar-refractivity contribution >= 4 is 5.82 Å². The van der Waals surface area contributed by atoms with E-state index in [0.717, 1.165) is 16.9 Å². The maximum Gasteiger partial charge on any atom is 0.175 e. The van der Waals surface area contributed by atoms with Gasteiger partial charge in [-0.15, -0.1) is 0 Å². The molecule has 0 saturated carbocycles. The zero-order valence-electron chi connectivity index (χ0n) is 9.07. The molecular formula is C11H14N2O2. The van der Waals surface area contributed by atoms with Gasteiger partial charge in [0.25, 0.3) is 0 Å². The highest BCUT2D eigenvalue weighted by molar-refractivity contribution is 5.66. The van der Waals surface area contributed by atoms with E-state index in [1.165, 1.54) is 0 Å². The minimum absolute atomic E-state index is 0.279. The Morgan fingerprint density at radius 1 is 1.40 bits per heavy atom. The van der Waals surface area contributed by atoms with Crippen LogP contribution >= 0.6 is 0 Å². The molecule has 0 aliphatic heterocycles. The van der Waals surface area contributed by atoms with Crippen LogP contribution in [0.1, 0.15) is 31.1 Å². The van der Waals surface area contributed by atoms with Crippen molar-refractivity contribution in [3.63, 3.8) is 0 Å². The third-order valence-corrected chi connectivity index (χ3v) is 2.33. The summed E-state index contributed by atoms with van der Waals surface area (Å²) in [6, 6.07) is 1.91. The Hall–Kier alpha value is -1.71. The van der Waals surface area contributed by atoms with Crippen LogP contribution in [0.25, 0.3) is 11.3 Å². The summed E-state index contributed by atoms with van der Waals surface area (Å²) in [5.41, 5.74) is 7.58. The predicted molar refractivity (Wildman–Crippen MR) is 57.4 cm³/mol. The minimum atomic E-state index is 0.279. The molecule has 4 heteroatoms. The SMILES string of the molecule is Cc1cc(-c2onc(N)c2C(C)C)co1. The van der Waals surface area contributed by atoms with E-state index in [2.05, 4.69) is 19.0 Å². The second-order valence-corrected chi connectivity index (χ2v) is 3.91. The van der Waals surface area contributed by atoms with Crippen LogP contribution in [0.4, 0.5) is 5.82 Å². The van der Waals surface area contributed by atoms with Gasteiger partial charge in [0.2, 0.25) is 0 Å². The summed E-state index contributed by atoms with van der Waals surface area (Å²) < 4.78 is 10.5. The van der Waals surface area contributed by atoms with Gasteiger partial charge in [0.1, 0.15) is 12.0 Å². The van der Waals surface area contributed by atoms with E-state index >= 15 is 0 Å². The molecule has 0 aliphatic rings. The fraction of sp³-hybridized carbons (Fsp3) is 0.364. The van der Waals surface area contributed by atoms with E-state index in [0.29, 0.717) is 11.6 Å². The zero-order valence-corrected chi connectivity index (χ0v) is 9.07. The summed E-state index contributed by atoms with van der Waals surface area (Å²) in [5, 5.41) is 3.78. The third-order valence-electron chi connectivity index (χ3n) is 2.33. The Morgan fingerprint density at radius 2 is 2.13 bits per heavy atom. The highest BCUT2D eigenvalue weighted by Crippen LogP contribution is 2.34. The van der Waals surface area contributed by atoms with Gasteiger partial charge in [0, 0.05) is 5.56 Å². The second kappa shape index (κ2) is 3.46. The van der Waals surface area contributed by atoms with Crippen molar-refractivity contribution in [1.29, 1.82) is 0 Å². The second-order valence-electron chi connectivity index (χ2n) is 3.91. The number of aromatic nitrogens is 1. The standard InChI is InChI=1S/C11H14N2O2/c1-6(2)9-10(15-13-11(9)12)8-4-7(3)14-5-8/h4-6H,1-3H3,(H2,12,13). The molecule has 80 valence electrons. The molecule has 0 fully saturated rings. The summed E-state index contributed by atoms with van der Waals surface area (Å²) in [7, 11) is 0. The summed E-state index contributed by atoms with van der Waals surface area (Å²) in [6.07, 6.45) is 1.65. The lowest BCUT2D eigenvalue weighted by Gasteiger charge is -2.02. The molecule has 0 aromatic carbocycles. The van der Waals surface area contributed by atoms with Crippen LogP contribution in [0.2, 0.25) is 0 Å². The average Bonchev–Trinajstić information content (AvgIpc) is 2.71. The highest BCUT2D eigenvalue weighted by Gasteiger charge is 2.19. The maximum atomic E-state index is 5.75. The lowest BCUT2D eigenvalue weighted by Crippen LogP contribution is -1.94. The molecule has 2 heterocycles. The molecule has 4 nitrogen and oxygen atoms in total. The lowest BCUT2D eigenvalue weighted by atomic mass is 10.0. The van der Waals surface area contributed by atoms with Crippen molar-refractivity contribution in [2.45, 2.75) is 26.7 Å². The average molecular weight is 206 g/mol. The highest BCUT2D eigenvalue weighted by atomic mass is 16.5. The van der Waals surface area contributed by atoms with Gasteiger partial charge in [-0.05, 0) is 18.9 Å². The number of nitrogen functional groups attached to an aromatic ring is 1. The molecule has 0 bridgehead atoms. The molecule has 15 heavy (non-hydrogen) atoms. The molecule has 0 radical (unpaired) electrons. The molecule has 0 saturated heterocycles. The molecule has 0 aliphatic carbocycles. The quantitative estimate of drug-likeness (QED) is 0.820. The van der Waals surface area contributed by atoms with E-state index in [4.69, 9.17) is 14.7 Å². The first kappa shape index (κ1) is 9.83. The topological polar surface area (TPSA) is 65.2 Å². The molecule has 0 atom stereocenters. The first-order chi connectivity index (χ1) is 7.09. The summed E-state index contributed by atoms with van der Waals surface area (Å²) in [6.45, 7) is 6.00. The fourth-order valence-electron chi connectivity index (χ4n) is 1.64. The molecule has 2 aromatic heterocycles. The number of nitrogens with zero attached hydrogens (tertiary/aromatic N) is 1. The van der Waals surface area contributed by atoms with Crippen LogP contribution in [-0.4, -0.2) is 5.16 Å². The van der Waals surface area contributed by atoms with Crippen molar-refractivity contribution in [3.05, 3.63) is 23.7 Å². The van der Waals surface area contributed by atoms with Crippen molar-refractivity contribution in [3.8, 4) is 11.3 Å². The van der Waals surface area contributed by atoms with Crippen molar-refractivity contribution < 1.29 is 8.94 Å². The Balaban J connectivity index is 2.53. The van der Waals surface area contributed by atoms with E-state index in [-0.39, 0.29) is 5.92 Å². The van der Waals surface area contributed by atoms with Crippen molar-refractivity contribution in [2.75, 3.05) is 5.73 Å². The fourth-order valence-corrected chi connectivity index (χ4v) is 1.64. The van der Waals surface area contributed by atoms with Gasteiger partial charge in [-0.25, -0.2) is 0 Å². The monoisotopic (exact) mass is 206 g/mol. The number of rotatable bonds is 2. The van der Waals surface area contributed by atoms with Crippen LogP contribution in [-0.2, 0) is 0 Å². The Bertz CT molecular complexity index is 469. The number of anilines is 1. The smallest absolute Gasteiger partial charge is 0.175 e. The Kier molecular flexibility index (Phi) is 2.26. The molecule has 2 aromatic rings. The molecule has 2 N–H and O–H groups in total. The molecular weight excluding hydrogens is 192 g/mol. The van der Waals surface area contributed by atoms with Crippen LogP contribution < -0.4 is 5.73 Å². The van der Waals surface area contributed by atoms with Gasteiger partial charge in [-0.3, -0.25) is 0 Å². The normalized spacial score (nSPS) is 11.2. The lowest BCUT2D eigenvalue weighted by molar-refractivity contribution is 0.433. The van der Waals surface area contributed by atoms with Gasteiger partial charge in [0.15, 0.2) is 11.6 Å². The number of hydrogen-bond donors (Lipinski definition) is 1. The van der Waals surface area contributed by atoms with Crippen molar-refractivity contribution in [2.24, 2.45) is 0 Å². The predicted octanol–water partition coefficient (Wildman–Crippen LogP) is 2.95. The molecule has 0 unspecified atom stereocenters. The first-order valence-corrected chi connectivity index (χ1v) is 4.90. The molecule has 2 rings (SSSR count). The van der Waals surface area contributed by atoms with E-state index in [1.807, 2.05) is 13.0 Å². The van der Waals surface area contributed by atoms with Crippen LogP contribution in [0.15, 0.2) is 21.3 Å². The van der Waals surface area contributed by atoms with Gasteiger partial charge < -0.3 is 14.7 Å². The number of hydrogen-bond acceptors (Lipinski definition) is 4. The maximum absolute atomic E-state index is 5.75. The van der Waals surface area contributed by atoms with Gasteiger partial charge in [0.05, 0.1) is 5.56 Å². The Labute approximate surface area is 88.0 Å². The van der Waals surface area contributed by atoms with Crippen LogP contribution in [0.5, 0.6) is 0 Å². The number of aryl methyl sites for hydroxylation is 1. The van der Waals surface area contributed by atoms with E-state index in [1.54, 1.807) is 6.26 Å². The molecule has 0 amide bonds. The van der Waals surface area contributed by atoms with Crippen LogP contribution in [0.3, 0.4) is 0 Å². The van der Waals surface area contributed by atoms with E-state index in [9.17, 15) is 0 Å². The number of nitrogens with two attached hydrogens (primary N) is 1. The first-order valence-electron chi connectivity index (χ1n) is 4.90. The van der Waals surface area contributed by atoms with E-state index < -0.39 is 0 Å². The van der Waals surface area contributed by atoms with Gasteiger partial charge in [-0.1, -0.05) is 19.0 Å². The summed E-state index contributed by atoms with van der Waals surface area (Å²) in [5.74, 6) is 2.29. The third kappa shape index (κ3) is 1.63. The number of furan rings is 1. The minimum Gasteiger partial charge on any atom is -0.469 e. The largest absolute Gasteiger partial charge is 0.469 e. The van der Waals surface area contributed by atoms with Gasteiger partial charge in [-0.2, -0.15) is 0 Å². The Morgan fingerprint density at radius 3 is 2.67 bits per heavy atom. The summed E-state index contributed by atoms with van der Waals surface area (Å²) in [4.78, 5) is 0. The summed E-state index contributed by atoms with van der Waals surface area (Å²) >= 11 is 0. The van der Waals surface area contributed by atoms with Gasteiger partial charge >= 0.3 is 0 Å². The van der Waals surface area contributed by atoms with Crippen LogP contribution in [0, 0.1) is 6.92 Å². The molecule has 0 spiro atoms. The van der Waals surface area contributed by atoms with Crippen molar-refractivity contribution in [1.82, 2.24) is 5.16 Å².